The normalized spacial score (nSPS) is 26.7. The molecule has 1 heterocycles. The quantitative estimate of drug-likeness (QED) is 0.588. The second kappa shape index (κ2) is 8.06. The monoisotopic (exact) mass is 473 g/mol. The molecule has 0 aromatic heterocycles. The molecule has 4 nitrogen and oxygen atoms in total. The van der Waals surface area contributed by atoms with E-state index in [2.05, 4.69) is 0 Å². The van der Waals surface area contributed by atoms with Crippen LogP contribution in [0, 0.1) is 17.3 Å². The summed E-state index contributed by atoms with van der Waals surface area (Å²) in [5.74, 6) is -2.15. The fourth-order valence-corrected chi connectivity index (χ4v) is 3.21. The molecule has 1 fully saturated rings. The van der Waals surface area contributed by atoms with Gasteiger partial charge in [-0.3, -0.25) is 14.5 Å². The predicted molar refractivity (Wildman–Crippen MR) is 104 cm³/mol. The molecule has 146 valence electrons. The summed E-state index contributed by atoms with van der Waals surface area (Å²) in [7, 11) is 0. The Morgan fingerprint density at radius 1 is 1.12 bits per heavy atom. The number of carbonyl (C=O) groups excluding carboxylic acids is 2. The maximum Gasteiger partial charge on any atom is 0.237 e. The largest absolute Gasteiger partial charge is 0.390 e. The summed E-state index contributed by atoms with van der Waals surface area (Å²) in [5.41, 5.74) is -1.14. The van der Waals surface area contributed by atoms with Gasteiger partial charge in [-0.1, -0.05) is 83.5 Å². The van der Waals surface area contributed by atoms with E-state index >= 15 is 0 Å². The molecule has 1 aliphatic rings. The van der Waals surface area contributed by atoms with E-state index in [1.807, 2.05) is 0 Å². The number of nitrogens with zero attached hydrogens (tertiary/aromatic N) is 1. The highest BCUT2D eigenvalue weighted by Gasteiger charge is 2.56. The van der Waals surface area contributed by atoms with Crippen molar-refractivity contribution in [3.63, 3.8) is 0 Å². The highest BCUT2D eigenvalue weighted by molar-refractivity contribution is 6.68. The van der Waals surface area contributed by atoms with Crippen molar-refractivity contribution in [3.8, 4) is 0 Å². The zero-order valence-electron chi connectivity index (χ0n) is 14.2. The summed E-state index contributed by atoms with van der Waals surface area (Å²) in [6, 6.07) is -0.816. The van der Waals surface area contributed by atoms with Gasteiger partial charge in [-0.05, 0) is 20.3 Å². The number of aliphatic hydroxyl groups excluding tert-OH is 1. The van der Waals surface area contributed by atoms with Crippen LogP contribution in [0.15, 0.2) is 0 Å². The molecule has 10 heteroatoms. The lowest BCUT2D eigenvalue weighted by Gasteiger charge is -2.31. The van der Waals surface area contributed by atoms with Crippen molar-refractivity contribution in [2.45, 2.75) is 60.3 Å². The zero-order valence-corrected chi connectivity index (χ0v) is 18.7. The Hall–Kier alpha value is 0.840. The van der Waals surface area contributed by atoms with Crippen molar-refractivity contribution < 1.29 is 14.7 Å². The molecule has 0 saturated carbocycles. The molecule has 0 radical (unpaired) electrons. The lowest BCUT2D eigenvalue weighted by atomic mass is 9.84. The first-order valence-corrected chi connectivity index (χ1v) is 9.96. The fourth-order valence-electron chi connectivity index (χ4n) is 2.71. The number of alkyl halides is 6. The number of rotatable bonds is 4. The van der Waals surface area contributed by atoms with Crippen LogP contribution in [0.4, 0.5) is 0 Å². The molecular formula is C15H21Cl6NO3. The number of hydrogen-bond acceptors (Lipinski definition) is 3. The van der Waals surface area contributed by atoms with Gasteiger partial charge in [0.05, 0.1) is 17.6 Å². The molecule has 25 heavy (non-hydrogen) atoms. The van der Waals surface area contributed by atoms with Gasteiger partial charge >= 0.3 is 0 Å². The number of imide groups is 1. The van der Waals surface area contributed by atoms with Crippen LogP contribution < -0.4 is 0 Å². The van der Waals surface area contributed by atoms with Crippen molar-refractivity contribution in [3.05, 3.63) is 0 Å². The minimum absolute atomic E-state index is 0.140. The van der Waals surface area contributed by atoms with Crippen LogP contribution in [0.2, 0.25) is 0 Å². The smallest absolute Gasteiger partial charge is 0.237 e. The molecule has 1 aliphatic heterocycles. The average Bonchev–Trinajstić information content (AvgIpc) is 2.58. The van der Waals surface area contributed by atoms with Crippen LogP contribution in [0.5, 0.6) is 0 Å². The highest BCUT2D eigenvalue weighted by atomic mass is 35.6. The summed E-state index contributed by atoms with van der Waals surface area (Å²) in [6.45, 7) is 6.39. The number of likely N-dealkylation sites (tertiary alicyclic amines) is 1. The Balaban J connectivity index is 3.10. The van der Waals surface area contributed by atoms with E-state index in [0.717, 1.165) is 4.90 Å². The molecule has 0 aliphatic carbocycles. The van der Waals surface area contributed by atoms with Gasteiger partial charge in [-0.15, -0.1) is 0 Å². The maximum atomic E-state index is 12.7. The molecule has 2 unspecified atom stereocenters. The number of halogens is 6. The van der Waals surface area contributed by atoms with Crippen LogP contribution in [-0.2, 0) is 9.59 Å². The number of aliphatic hydroxyl groups is 1. The Bertz CT molecular complexity index is 528. The summed E-state index contributed by atoms with van der Waals surface area (Å²) in [6.07, 6.45) is -1.12. The average molecular weight is 476 g/mol. The van der Waals surface area contributed by atoms with Crippen molar-refractivity contribution in [2.75, 3.05) is 0 Å². The van der Waals surface area contributed by atoms with E-state index in [9.17, 15) is 14.7 Å². The number of hydrogen-bond donors (Lipinski definition) is 1. The Kier molecular flexibility index (Phi) is 7.70. The molecule has 1 N–H and O–H groups in total. The van der Waals surface area contributed by atoms with E-state index < -0.39 is 48.8 Å². The topological polar surface area (TPSA) is 57.6 Å². The second-order valence-electron chi connectivity index (χ2n) is 7.13. The lowest BCUT2D eigenvalue weighted by molar-refractivity contribution is -0.147. The first kappa shape index (κ1) is 23.9. The van der Waals surface area contributed by atoms with E-state index in [0.29, 0.717) is 0 Å². The van der Waals surface area contributed by atoms with Gasteiger partial charge < -0.3 is 5.11 Å². The Morgan fingerprint density at radius 2 is 1.56 bits per heavy atom. The van der Waals surface area contributed by atoms with Crippen LogP contribution >= 0.6 is 69.6 Å². The van der Waals surface area contributed by atoms with Crippen molar-refractivity contribution in [1.82, 2.24) is 4.90 Å². The summed E-state index contributed by atoms with van der Waals surface area (Å²) in [4.78, 5) is 26.4. The third kappa shape index (κ3) is 5.43. The van der Waals surface area contributed by atoms with Crippen molar-refractivity contribution >= 4 is 81.4 Å². The van der Waals surface area contributed by atoms with E-state index in [-0.39, 0.29) is 12.8 Å². The minimum atomic E-state index is -1.65. The molecule has 0 aromatic carbocycles. The SMILES string of the molecule is CC(CC(=O)N1C(=O)C(C)(C)[C@H](O)[C@@H]1CC(C)C(Cl)(Cl)Cl)C(Cl)(Cl)Cl. The van der Waals surface area contributed by atoms with E-state index in [1.54, 1.807) is 27.7 Å². The van der Waals surface area contributed by atoms with Gasteiger partial charge in [0.25, 0.3) is 0 Å². The van der Waals surface area contributed by atoms with Gasteiger partial charge in [0.1, 0.15) is 0 Å². The van der Waals surface area contributed by atoms with Gasteiger partial charge in [0, 0.05) is 18.3 Å². The molecule has 1 saturated heterocycles. The van der Waals surface area contributed by atoms with Gasteiger partial charge in [0.15, 0.2) is 7.59 Å². The van der Waals surface area contributed by atoms with Gasteiger partial charge in [-0.2, -0.15) is 0 Å². The molecule has 0 spiro atoms. The molecule has 0 aromatic rings. The Labute approximate surface area is 178 Å². The molecular weight excluding hydrogens is 455 g/mol. The van der Waals surface area contributed by atoms with Crippen molar-refractivity contribution in [1.29, 1.82) is 0 Å². The van der Waals surface area contributed by atoms with E-state index in [4.69, 9.17) is 69.6 Å². The molecule has 2 amide bonds. The first-order valence-electron chi connectivity index (χ1n) is 7.69. The lowest BCUT2D eigenvalue weighted by Crippen LogP contribution is -2.44. The zero-order chi connectivity index (χ0) is 20.0. The molecule has 4 atom stereocenters. The van der Waals surface area contributed by atoms with Crippen LogP contribution in [0.3, 0.4) is 0 Å². The first-order chi connectivity index (χ1) is 11.0. The third-order valence-corrected chi connectivity index (χ3v) is 6.90. The van der Waals surface area contributed by atoms with Gasteiger partial charge in [0.2, 0.25) is 11.8 Å². The van der Waals surface area contributed by atoms with Crippen molar-refractivity contribution in [2.24, 2.45) is 17.3 Å². The van der Waals surface area contributed by atoms with Crippen LogP contribution in [0.25, 0.3) is 0 Å². The summed E-state index contributed by atoms with van der Waals surface area (Å²) >= 11 is 35.1. The second-order valence-corrected chi connectivity index (χ2v) is 11.9. The molecule has 1 rings (SSSR count). The maximum absolute atomic E-state index is 12.7. The van der Waals surface area contributed by atoms with Gasteiger partial charge in [-0.25, -0.2) is 0 Å². The predicted octanol–water partition coefficient (Wildman–Crippen LogP) is 4.90. The standard InChI is InChI=1S/C15H21Cl6NO3/c1-7(14(16,17)18)5-9-11(24)13(3,4)12(25)22(9)10(23)6-8(2)15(19,20)21/h7-9,11,24H,5-6H2,1-4H3/t7?,8?,9-,11+/m0/s1. The van der Waals surface area contributed by atoms with Crippen LogP contribution in [0.1, 0.15) is 40.5 Å². The van der Waals surface area contributed by atoms with Crippen LogP contribution in [-0.4, -0.2) is 41.6 Å². The highest BCUT2D eigenvalue weighted by Crippen LogP contribution is 2.44. The summed E-state index contributed by atoms with van der Waals surface area (Å²) in [5, 5.41) is 10.6. The number of carbonyl (C=O) groups is 2. The van der Waals surface area contributed by atoms with E-state index in [1.165, 1.54) is 0 Å². The summed E-state index contributed by atoms with van der Waals surface area (Å²) < 4.78 is -3.23. The number of amides is 2. The molecule has 0 bridgehead atoms. The fraction of sp³-hybridized carbons (Fsp3) is 0.867. The minimum Gasteiger partial charge on any atom is -0.390 e. The Morgan fingerprint density at radius 3 is 1.96 bits per heavy atom. The third-order valence-electron chi connectivity index (χ3n) is 4.67.